The Morgan fingerprint density at radius 2 is 1.87 bits per heavy atom. The van der Waals surface area contributed by atoms with Gasteiger partial charge in [-0.1, -0.05) is 12.1 Å². The fourth-order valence-electron chi connectivity index (χ4n) is 3.98. The molecule has 0 bridgehead atoms. The number of aromatic amines is 1. The fourth-order valence-corrected chi connectivity index (χ4v) is 3.98. The zero-order valence-corrected chi connectivity index (χ0v) is 16.9. The van der Waals surface area contributed by atoms with E-state index in [0.29, 0.717) is 24.3 Å². The van der Waals surface area contributed by atoms with Crippen LogP contribution >= 0.6 is 12.4 Å². The van der Waals surface area contributed by atoms with Crippen LogP contribution in [0, 0.1) is 6.92 Å². The van der Waals surface area contributed by atoms with E-state index in [-0.39, 0.29) is 12.4 Å². The highest BCUT2D eigenvalue weighted by Crippen LogP contribution is 2.40. The molecule has 2 N–H and O–H groups in total. The highest BCUT2D eigenvalue weighted by molar-refractivity contribution is 5.99. The Balaban J connectivity index is 0.00000218. The van der Waals surface area contributed by atoms with E-state index in [1.165, 1.54) is 12.1 Å². The molecule has 1 aromatic carbocycles. The summed E-state index contributed by atoms with van der Waals surface area (Å²) in [6.07, 6.45) is -0.712. The van der Waals surface area contributed by atoms with Crippen LogP contribution in [0.5, 0.6) is 0 Å². The van der Waals surface area contributed by atoms with Crippen molar-refractivity contribution in [3.05, 3.63) is 59.5 Å². The zero-order chi connectivity index (χ0) is 20.2. The summed E-state index contributed by atoms with van der Waals surface area (Å²) in [7, 11) is 0. The number of aryl methyl sites for hydroxylation is 1. The maximum absolute atomic E-state index is 13.0. The number of halogens is 4. The number of aromatic nitrogens is 4. The van der Waals surface area contributed by atoms with Crippen molar-refractivity contribution in [3.63, 3.8) is 0 Å². The number of nitrogens with zero attached hydrogens (tertiary/aromatic N) is 3. The number of hydrogen-bond donors (Lipinski definition) is 2. The van der Waals surface area contributed by atoms with Crippen LogP contribution in [0.1, 0.15) is 16.8 Å². The van der Waals surface area contributed by atoms with Crippen molar-refractivity contribution in [2.24, 2.45) is 0 Å². The van der Waals surface area contributed by atoms with Crippen molar-refractivity contribution in [2.75, 3.05) is 6.54 Å². The number of rotatable bonds is 2. The van der Waals surface area contributed by atoms with Crippen LogP contribution in [0.4, 0.5) is 13.2 Å². The van der Waals surface area contributed by atoms with E-state index in [1.807, 2.05) is 23.9 Å². The molecule has 0 spiro atoms. The first-order chi connectivity index (χ1) is 13.9. The quantitative estimate of drug-likeness (QED) is 0.470. The lowest BCUT2D eigenvalue weighted by Gasteiger charge is -2.16. The normalized spacial score (nSPS) is 13.9. The summed E-state index contributed by atoms with van der Waals surface area (Å²) in [5.74, 6) is 0. The third-order valence-electron chi connectivity index (χ3n) is 5.38. The molecule has 30 heavy (non-hydrogen) atoms. The van der Waals surface area contributed by atoms with Crippen molar-refractivity contribution in [1.82, 2.24) is 25.1 Å². The lowest BCUT2D eigenvalue weighted by Crippen LogP contribution is -2.28. The van der Waals surface area contributed by atoms with Gasteiger partial charge in [0, 0.05) is 42.0 Å². The molecule has 0 amide bonds. The molecule has 1 aliphatic heterocycles. The second-order valence-corrected chi connectivity index (χ2v) is 7.20. The van der Waals surface area contributed by atoms with Gasteiger partial charge in [-0.05, 0) is 36.2 Å². The topological polar surface area (TPSA) is 58.5 Å². The molecule has 0 fully saturated rings. The number of pyridine rings is 1. The van der Waals surface area contributed by atoms with E-state index in [0.717, 1.165) is 52.1 Å². The van der Waals surface area contributed by atoms with Gasteiger partial charge in [-0.15, -0.1) is 12.4 Å². The predicted octanol–water partition coefficient (Wildman–Crippen LogP) is 4.95. The van der Waals surface area contributed by atoms with Crippen molar-refractivity contribution in [3.8, 4) is 22.4 Å². The minimum Gasteiger partial charge on any atom is -0.346 e. The smallest absolute Gasteiger partial charge is 0.346 e. The van der Waals surface area contributed by atoms with Crippen LogP contribution in [0.15, 0.2) is 42.7 Å². The van der Waals surface area contributed by atoms with Crippen molar-refractivity contribution < 1.29 is 13.2 Å². The highest BCUT2D eigenvalue weighted by Gasteiger charge is 2.31. The maximum Gasteiger partial charge on any atom is 0.416 e. The number of fused-ring (bicyclic) bond motifs is 2. The SMILES string of the molecule is Cc1c[nH]c2nccc(-c3c(-c4ccc(C(F)(F)F)cc4)nn4c3CNCC4)c12.Cl. The van der Waals surface area contributed by atoms with Crippen molar-refractivity contribution in [2.45, 2.75) is 26.2 Å². The molecule has 0 saturated heterocycles. The second-order valence-electron chi connectivity index (χ2n) is 7.20. The van der Waals surface area contributed by atoms with Gasteiger partial charge in [0.1, 0.15) is 11.3 Å². The first kappa shape index (κ1) is 20.4. The number of hydrogen-bond acceptors (Lipinski definition) is 3. The minimum atomic E-state index is -4.36. The molecule has 0 saturated carbocycles. The molecule has 4 aromatic rings. The second kappa shape index (κ2) is 7.45. The van der Waals surface area contributed by atoms with Gasteiger partial charge in [-0.25, -0.2) is 4.98 Å². The zero-order valence-electron chi connectivity index (χ0n) is 16.0. The Kier molecular flexibility index (Phi) is 5.07. The average molecular weight is 434 g/mol. The molecule has 3 aromatic heterocycles. The predicted molar refractivity (Wildman–Crippen MR) is 111 cm³/mol. The van der Waals surface area contributed by atoms with E-state index in [2.05, 4.69) is 15.3 Å². The summed E-state index contributed by atoms with van der Waals surface area (Å²) in [5.41, 5.74) is 5.46. The first-order valence-electron chi connectivity index (χ1n) is 9.34. The van der Waals surface area contributed by atoms with Crippen LogP contribution in [0.25, 0.3) is 33.4 Å². The lowest BCUT2D eigenvalue weighted by atomic mass is 9.95. The molecule has 5 rings (SSSR count). The van der Waals surface area contributed by atoms with Crippen LogP contribution < -0.4 is 5.32 Å². The standard InChI is InChI=1S/C21H18F3N5.ClH/c1-12-10-27-20-17(12)15(6-7-26-20)18-16-11-25-8-9-29(16)28-19(18)13-2-4-14(5-3-13)21(22,23)24;/h2-7,10,25H,8-9,11H2,1H3,(H,26,27);1H. The largest absolute Gasteiger partial charge is 0.416 e. The molecule has 1 aliphatic rings. The molecule has 0 unspecified atom stereocenters. The Hall–Kier alpha value is -2.84. The highest BCUT2D eigenvalue weighted by atomic mass is 35.5. The number of nitrogens with one attached hydrogen (secondary N) is 2. The molecule has 0 atom stereocenters. The van der Waals surface area contributed by atoms with Gasteiger partial charge < -0.3 is 10.3 Å². The molecule has 4 heterocycles. The third kappa shape index (κ3) is 3.26. The summed E-state index contributed by atoms with van der Waals surface area (Å²) in [6, 6.07) is 7.16. The molecular weight excluding hydrogens is 415 g/mol. The lowest BCUT2D eigenvalue weighted by molar-refractivity contribution is -0.137. The summed E-state index contributed by atoms with van der Waals surface area (Å²) < 4.78 is 40.9. The van der Waals surface area contributed by atoms with Gasteiger partial charge >= 0.3 is 6.18 Å². The summed E-state index contributed by atoms with van der Waals surface area (Å²) in [4.78, 5) is 7.58. The Morgan fingerprint density at radius 1 is 1.10 bits per heavy atom. The van der Waals surface area contributed by atoms with Crippen molar-refractivity contribution in [1.29, 1.82) is 0 Å². The molecular formula is C21H19ClF3N5. The molecule has 0 radical (unpaired) electrons. The molecule has 0 aliphatic carbocycles. The van der Waals surface area contributed by atoms with Gasteiger partial charge in [0.25, 0.3) is 0 Å². The van der Waals surface area contributed by atoms with Gasteiger partial charge in [-0.2, -0.15) is 18.3 Å². The van der Waals surface area contributed by atoms with E-state index in [9.17, 15) is 13.2 Å². The van der Waals surface area contributed by atoms with E-state index in [4.69, 9.17) is 5.10 Å². The van der Waals surface area contributed by atoms with E-state index < -0.39 is 11.7 Å². The van der Waals surface area contributed by atoms with Gasteiger partial charge in [0.05, 0.1) is 17.8 Å². The maximum atomic E-state index is 13.0. The fraction of sp³-hybridized carbons (Fsp3) is 0.238. The van der Waals surface area contributed by atoms with Crippen LogP contribution in [-0.2, 0) is 19.3 Å². The Labute approximate surface area is 176 Å². The van der Waals surface area contributed by atoms with Crippen molar-refractivity contribution >= 4 is 23.4 Å². The van der Waals surface area contributed by atoms with Gasteiger partial charge in [0.15, 0.2) is 0 Å². The van der Waals surface area contributed by atoms with E-state index in [1.54, 1.807) is 6.20 Å². The Morgan fingerprint density at radius 3 is 2.60 bits per heavy atom. The van der Waals surface area contributed by atoms with Gasteiger partial charge in [-0.3, -0.25) is 4.68 Å². The number of H-pyrrole nitrogens is 1. The third-order valence-corrected chi connectivity index (χ3v) is 5.38. The van der Waals surface area contributed by atoms with E-state index >= 15 is 0 Å². The minimum absolute atomic E-state index is 0. The molecule has 156 valence electrons. The average Bonchev–Trinajstić information content (AvgIpc) is 3.28. The van der Waals surface area contributed by atoms with Gasteiger partial charge in [0.2, 0.25) is 0 Å². The molecule has 5 nitrogen and oxygen atoms in total. The van der Waals surface area contributed by atoms with Crippen LogP contribution in [-0.4, -0.2) is 26.3 Å². The number of alkyl halides is 3. The Bertz CT molecular complexity index is 1210. The summed E-state index contributed by atoms with van der Waals surface area (Å²) in [6.45, 7) is 4.17. The van der Waals surface area contributed by atoms with Crippen LogP contribution in [0.3, 0.4) is 0 Å². The monoisotopic (exact) mass is 433 g/mol. The number of benzene rings is 1. The van der Waals surface area contributed by atoms with Crippen LogP contribution in [0.2, 0.25) is 0 Å². The molecule has 9 heteroatoms. The summed E-state index contributed by atoms with van der Waals surface area (Å²) in [5, 5.41) is 9.15. The summed E-state index contributed by atoms with van der Waals surface area (Å²) >= 11 is 0. The first-order valence-corrected chi connectivity index (χ1v) is 9.34.